The topological polar surface area (TPSA) is 23.2 Å². The number of rotatable bonds is 1. The third-order valence-electron chi connectivity index (χ3n) is 2.15. The number of hydrogen-bond donors (Lipinski definition) is 1. The Morgan fingerprint density at radius 3 is 2.21 bits per heavy atom. The van der Waals surface area contributed by atoms with E-state index >= 15 is 0 Å². The Labute approximate surface area is 96.3 Å². The summed E-state index contributed by atoms with van der Waals surface area (Å²) >= 11 is 17.6. The van der Waals surface area contributed by atoms with E-state index in [2.05, 4.69) is 0 Å². The maximum atomic E-state index is 9.35. The molecule has 1 heterocycles. The van der Waals surface area contributed by atoms with Gasteiger partial charge >= 0.3 is 5.90 Å². The van der Waals surface area contributed by atoms with Gasteiger partial charge in [-0.25, -0.2) is 0 Å². The molecule has 2 nitrogen and oxygen atoms in total. The third kappa shape index (κ3) is 1.58. The molecular formula is C9H7Cl3NO+. The van der Waals surface area contributed by atoms with Crippen molar-refractivity contribution in [3.05, 3.63) is 27.2 Å². The van der Waals surface area contributed by atoms with Crippen molar-refractivity contribution in [2.45, 2.75) is 6.42 Å². The number of aliphatic hydroxyl groups excluding tert-OH is 1. The van der Waals surface area contributed by atoms with Crippen LogP contribution in [0.3, 0.4) is 0 Å². The molecule has 0 aliphatic carbocycles. The highest BCUT2D eigenvalue weighted by molar-refractivity contribution is 6.43. The Kier molecular flexibility index (Phi) is 2.60. The van der Waals surface area contributed by atoms with Gasteiger partial charge in [-0.15, -0.1) is 0 Å². The van der Waals surface area contributed by atoms with E-state index in [0.29, 0.717) is 33.1 Å². The van der Waals surface area contributed by atoms with Gasteiger partial charge in [-0.05, 0) is 6.07 Å². The molecule has 0 atom stereocenters. The van der Waals surface area contributed by atoms with Crippen LogP contribution in [0.25, 0.3) is 0 Å². The van der Waals surface area contributed by atoms with E-state index in [1.165, 1.54) is 0 Å². The molecule has 2 rings (SSSR count). The van der Waals surface area contributed by atoms with Crippen molar-refractivity contribution >= 4 is 46.4 Å². The first-order valence-corrected chi connectivity index (χ1v) is 5.20. The van der Waals surface area contributed by atoms with Crippen LogP contribution in [-0.4, -0.2) is 22.1 Å². The predicted molar refractivity (Wildman–Crippen MR) is 58.5 cm³/mol. The molecule has 1 aliphatic heterocycles. The first kappa shape index (κ1) is 10.1. The molecule has 1 aromatic rings. The van der Waals surface area contributed by atoms with E-state index < -0.39 is 0 Å². The summed E-state index contributed by atoms with van der Waals surface area (Å²) in [6.07, 6.45) is 0.677. The smallest absolute Gasteiger partial charge is 0.346 e. The van der Waals surface area contributed by atoms with E-state index in [1.807, 2.05) is 0 Å². The predicted octanol–water partition coefficient (Wildman–Crippen LogP) is 3.65. The fourth-order valence-electron chi connectivity index (χ4n) is 1.30. The maximum Gasteiger partial charge on any atom is 0.346 e. The van der Waals surface area contributed by atoms with Gasteiger partial charge in [0.1, 0.15) is 11.4 Å². The van der Waals surface area contributed by atoms with Crippen LogP contribution in [0.5, 0.6) is 0 Å². The average Bonchev–Trinajstić information content (AvgIpc) is 2.12. The Bertz CT molecular complexity index is 428. The monoisotopic (exact) mass is 250 g/mol. The molecule has 5 heteroatoms. The minimum absolute atomic E-state index is 0.310. The van der Waals surface area contributed by atoms with Gasteiger partial charge < -0.3 is 5.11 Å². The van der Waals surface area contributed by atoms with E-state index in [1.54, 1.807) is 16.7 Å². The van der Waals surface area contributed by atoms with Gasteiger partial charge in [-0.3, -0.25) is 0 Å². The highest BCUT2D eigenvalue weighted by atomic mass is 35.5. The average molecular weight is 252 g/mol. The lowest BCUT2D eigenvalue weighted by molar-refractivity contribution is -0.479. The summed E-state index contributed by atoms with van der Waals surface area (Å²) in [7, 11) is 0. The fourth-order valence-corrected chi connectivity index (χ4v) is 1.95. The Morgan fingerprint density at radius 1 is 1.07 bits per heavy atom. The summed E-state index contributed by atoms with van der Waals surface area (Å²) in [5.41, 5.74) is 0.699. The lowest BCUT2D eigenvalue weighted by Gasteiger charge is -2.12. The first-order chi connectivity index (χ1) is 6.59. The van der Waals surface area contributed by atoms with Crippen molar-refractivity contribution in [3.63, 3.8) is 0 Å². The van der Waals surface area contributed by atoms with Crippen LogP contribution < -0.4 is 0 Å². The van der Waals surface area contributed by atoms with E-state index in [4.69, 9.17) is 34.8 Å². The Balaban J connectivity index is 2.54. The molecule has 0 saturated heterocycles. The van der Waals surface area contributed by atoms with Crippen molar-refractivity contribution in [2.75, 3.05) is 6.54 Å². The number of benzene rings is 1. The third-order valence-corrected chi connectivity index (χ3v) is 3.18. The molecule has 0 spiro atoms. The van der Waals surface area contributed by atoms with Crippen LogP contribution in [0.2, 0.25) is 15.1 Å². The summed E-state index contributed by atoms with van der Waals surface area (Å²) in [6.45, 7) is 0.753. The van der Waals surface area contributed by atoms with Crippen LogP contribution in [0.1, 0.15) is 6.42 Å². The second-order valence-corrected chi connectivity index (χ2v) is 4.26. The molecule has 0 amide bonds. The van der Waals surface area contributed by atoms with Crippen LogP contribution in [-0.2, 0) is 0 Å². The van der Waals surface area contributed by atoms with Crippen molar-refractivity contribution < 1.29 is 9.68 Å². The van der Waals surface area contributed by atoms with Gasteiger partial charge in [0.05, 0.1) is 10.0 Å². The Morgan fingerprint density at radius 2 is 1.71 bits per heavy atom. The second kappa shape index (κ2) is 3.61. The summed E-state index contributed by atoms with van der Waals surface area (Å²) in [5.74, 6) is 0.310. The summed E-state index contributed by atoms with van der Waals surface area (Å²) in [6, 6.07) is 3.23. The number of halogens is 3. The lowest BCUT2D eigenvalue weighted by atomic mass is 10.2. The van der Waals surface area contributed by atoms with Gasteiger partial charge in [0.15, 0.2) is 6.54 Å². The lowest BCUT2D eigenvalue weighted by Crippen LogP contribution is -2.30. The minimum Gasteiger partial charge on any atom is -0.463 e. The van der Waals surface area contributed by atoms with Crippen molar-refractivity contribution in [1.29, 1.82) is 0 Å². The van der Waals surface area contributed by atoms with Crippen molar-refractivity contribution in [2.24, 2.45) is 0 Å². The van der Waals surface area contributed by atoms with Crippen molar-refractivity contribution in [3.8, 4) is 0 Å². The maximum absolute atomic E-state index is 9.35. The zero-order valence-corrected chi connectivity index (χ0v) is 9.37. The van der Waals surface area contributed by atoms with Crippen molar-refractivity contribution in [1.82, 2.24) is 0 Å². The van der Waals surface area contributed by atoms with Crippen LogP contribution in [0, 0.1) is 0 Å². The molecule has 1 N–H and O–H groups in total. The molecule has 1 aliphatic rings. The SMILES string of the molecule is OC1=[N+](c2cc(Cl)c(Cl)cc2Cl)CC1. The number of aliphatic hydroxyl groups is 1. The first-order valence-electron chi connectivity index (χ1n) is 4.06. The van der Waals surface area contributed by atoms with E-state index in [0.717, 1.165) is 6.54 Å². The van der Waals surface area contributed by atoms with Gasteiger partial charge in [-0.2, -0.15) is 4.58 Å². The fraction of sp³-hybridized carbons (Fsp3) is 0.222. The highest BCUT2D eigenvalue weighted by Crippen LogP contribution is 2.35. The van der Waals surface area contributed by atoms with Gasteiger partial charge in [-0.1, -0.05) is 34.8 Å². The largest absolute Gasteiger partial charge is 0.463 e. The second-order valence-electron chi connectivity index (χ2n) is 3.04. The molecule has 0 fully saturated rings. The molecule has 0 unspecified atom stereocenters. The van der Waals surface area contributed by atoms with E-state index in [9.17, 15) is 5.11 Å². The quantitative estimate of drug-likeness (QED) is 0.598. The normalized spacial score (nSPS) is 15.6. The van der Waals surface area contributed by atoms with Crippen LogP contribution in [0.4, 0.5) is 5.69 Å². The molecule has 74 valence electrons. The zero-order valence-electron chi connectivity index (χ0n) is 7.10. The molecule has 14 heavy (non-hydrogen) atoms. The summed E-state index contributed by atoms with van der Waals surface area (Å²) in [5, 5.41) is 10.7. The summed E-state index contributed by atoms with van der Waals surface area (Å²) < 4.78 is 1.70. The highest BCUT2D eigenvalue weighted by Gasteiger charge is 2.30. The minimum atomic E-state index is 0.310. The molecule has 0 aromatic heterocycles. The van der Waals surface area contributed by atoms with Crippen LogP contribution in [0.15, 0.2) is 12.1 Å². The Hall–Kier alpha value is -0.440. The molecule has 1 aromatic carbocycles. The van der Waals surface area contributed by atoms with Gasteiger partial charge in [0.25, 0.3) is 0 Å². The summed E-state index contributed by atoms with van der Waals surface area (Å²) in [4.78, 5) is 0. The van der Waals surface area contributed by atoms with Gasteiger partial charge in [0.2, 0.25) is 5.69 Å². The molecule has 0 saturated carbocycles. The zero-order chi connectivity index (χ0) is 10.3. The molecular weight excluding hydrogens is 244 g/mol. The van der Waals surface area contributed by atoms with E-state index in [-0.39, 0.29) is 0 Å². The molecule has 0 bridgehead atoms. The standard InChI is InChI=1S/C9H6Cl3NO/c10-5-3-7(12)8(4-6(5)11)13-2-1-9(13)14/h3-4H,1-2H2/p+1. The van der Waals surface area contributed by atoms with Gasteiger partial charge in [0, 0.05) is 6.07 Å². The van der Waals surface area contributed by atoms with Crippen LogP contribution >= 0.6 is 34.8 Å². The number of hydrogen-bond acceptors (Lipinski definition) is 0. The molecule has 0 radical (unpaired) electrons. The number of nitrogens with zero attached hydrogens (tertiary/aromatic N) is 1.